The predicted molar refractivity (Wildman–Crippen MR) is 110 cm³/mol. The van der Waals surface area contributed by atoms with Crippen molar-refractivity contribution < 1.29 is 9.59 Å². The Morgan fingerprint density at radius 3 is 2.54 bits per heavy atom. The van der Waals surface area contributed by atoms with Gasteiger partial charge >= 0.3 is 0 Å². The molecule has 2 heterocycles. The van der Waals surface area contributed by atoms with Crippen LogP contribution >= 0.6 is 11.3 Å². The predicted octanol–water partition coefficient (Wildman–Crippen LogP) is 3.75. The fraction of sp³-hybridized carbons (Fsp3) is 0.286. The smallest absolute Gasteiger partial charge is 0.256 e. The summed E-state index contributed by atoms with van der Waals surface area (Å²) in [5.74, 6) is -0.347. The van der Waals surface area contributed by atoms with Crippen LogP contribution < -0.4 is 10.6 Å². The number of benzene rings is 1. The molecule has 0 unspecified atom stereocenters. The zero-order chi connectivity index (χ0) is 19.7. The van der Waals surface area contributed by atoms with Gasteiger partial charge < -0.3 is 10.6 Å². The third-order valence-corrected chi connectivity index (χ3v) is 5.53. The Kier molecular flexibility index (Phi) is 5.00. The van der Waals surface area contributed by atoms with E-state index < -0.39 is 0 Å². The van der Waals surface area contributed by atoms with Gasteiger partial charge in [-0.25, -0.2) is 0 Å². The molecular formula is C21H22N4O2S. The number of aromatic nitrogens is 2. The number of carbonyl (C=O) groups excluding carboxylic acids is 2. The second-order valence-electron chi connectivity index (χ2n) is 7.15. The Morgan fingerprint density at radius 1 is 1.14 bits per heavy atom. The Labute approximate surface area is 167 Å². The molecule has 0 bridgehead atoms. The third kappa shape index (κ3) is 4.14. The van der Waals surface area contributed by atoms with E-state index in [4.69, 9.17) is 0 Å². The molecule has 7 heteroatoms. The molecule has 1 aromatic carbocycles. The van der Waals surface area contributed by atoms with Crippen LogP contribution in [0.2, 0.25) is 0 Å². The van der Waals surface area contributed by atoms with E-state index in [9.17, 15) is 9.59 Å². The molecule has 1 saturated carbocycles. The van der Waals surface area contributed by atoms with Gasteiger partial charge in [-0.3, -0.25) is 14.3 Å². The van der Waals surface area contributed by atoms with E-state index in [1.807, 2.05) is 42.1 Å². The average Bonchev–Trinajstić information content (AvgIpc) is 3.25. The molecule has 0 atom stereocenters. The largest absolute Gasteiger partial charge is 0.349 e. The Bertz CT molecular complexity index is 1020. The van der Waals surface area contributed by atoms with Gasteiger partial charge in [0, 0.05) is 17.3 Å². The molecular weight excluding hydrogens is 372 g/mol. The van der Waals surface area contributed by atoms with Crippen molar-refractivity contribution in [2.24, 2.45) is 0 Å². The lowest BCUT2D eigenvalue weighted by molar-refractivity contribution is 0.0952. The van der Waals surface area contributed by atoms with Crippen molar-refractivity contribution in [3.8, 4) is 0 Å². The summed E-state index contributed by atoms with van der Waals surface area (Å²) in [5, 5.41) is 12.7. The van der Waals surface area contributed by atoms with Gasteiger partial charge in [0.05, 0.1) is 17.8 Å². The number of thiophene rings is 1. The maximum absolute atomic E-state index is 12.6. The first-order valence-electron chi connectivity index (χ1n) is 9.29. The van der Waals surface area contributed by atoms with Crippen molar-refractivity contribution in [1.82, 2.24) is 15.1 Å². The summed E-state index contributed by atoms with van der Waals surface area (Å²) in [6, 6.07) is 11.5. The highest BCUT2D eigenvalue weighted by molar-refractivity contribution is 7.14. The lowest BCUT2D eigenvalue weighted by Crippen LogP contribution is -2.26. The van der Waals surface area contributed by atoms with Gasteiger partial charge in [-0.2, -0.15) is 5.10 Å². The van der Waals surface area contributed by atoms with Crippen LogP contribution in [0.25, 0.3) is 0 Å². The molecule has 2 aromatic heterocycles. The highest BCUT2D eigenvalue weighted by Gasteiger charge is 2.25. The molecule has 144 valence electrons. The van der Waals surface area contributed by atoms with Crippen molar-refractivity contribution in [2.75, 3.05) is 5.32 Å². The summed E-state index contributed by atoms with van der Waals surface area (Å²) in [4.78, 5) is 24.9. The van der Waals surface area contributed by atoms with Crippen LogP contribution in [0.4, 0.5) is 5.00 Å². The van der Waals surface area contributed by atoms with E-state index in [1.165, 1.54) is 11.3 Å². The van der Waals surface area contributed by atoms with Crippen molar-refractivity contribution in [3.63, 3.8) is 0 Å². The van der Waals surface area contributed by atoms with Crippen molar-refractivity contribution in [3.05, 3.63) is 69.9 Å². The molecule has 28 heavy (non-hydrogen) atoms. The second kappa shape index (κ2) is 7.59. The molecule has 3 aromatic rings. The summed E-state index contributed by atoms with van der Waals surface area (Å²) in [5.41, 5.74) is 4.24. The van der Waals surface area contributed by atoms with Crippen molar-refractivity contribution in [2.45, 2.75) is 39.3 Å². The quantitative estimate of drug-likeness (QED) is 0.668. The standard InChI is InChI=1S/C21H22N4O2S/c1-13-11-14(2)25(24-13)12-15-3-5-16(6-4-15)19(26)23-21-18(9-10-28-21)20(27)22-17-7-8-17/h3-6,9-11,17H,7-8,12H2,1-2H3,(H,22,27)(H,23,26). The van der Waals surface area contributed by atoms with Crippen LogP contribution in [0.1, 0.15) is 50.5 Å². The molecule has 1 aliphatic carbocycles. The van der Waals surface area contributed by atoms with E-state index in [0.29, 0.717) is 22.7 Å². The lowest BCUT2D eigenvalue weighted by Gasteiger charge is -2.08. The molecule has 0 aliphatic heterocycles. The molecule has 4 rings (SSSR count). The topological polar surface area (TPSA) is 76.0 Å². The number of rotatable bonds is 6. The van der Waals surface area contributed by atoms with Gasteiger partial charge in [-0.15, -0.1) is 11.3 Å². The first-order valence-corrected chi connectivity index (χ1v) is 10.2. The minimum Gasteiger partial charge on any atom is -0.349 e. The van der Waals surface area contributed by atoms with E-state index >= 15 is 0 Å². The molecule has 2 N–H and O–H groups in total. The Balaban J connectivity index is 1.42. The summed E-state index contributed by atoms with van der Waals surface area (Å²) in [6.07, 6.45) is 2.06. The maximum atomic E-state index is 12.6. The Hall–Kier alpha value is -2.93. The normalized spacial score (nSPS) is 13.4. The minimum absolute atomic E-state index is 0.126. The minimum atomic E-state index is -0.222. The van der Waals surface area contributed by atoms with Gasteiger partial charge in [0.2, 0.25) is 0 Å². The fourth-order valence-corrected chi connectivity index (χ4v) is 3.80. The van der Waals surface area contributed by atoms with Crippen LogP contribution in [0.3, 0.4) is 0 Å². The molecule has 2 amide bonds. The molecule has 0 radical (unpaired) electrons. The highest BCUT2D eigenvalue weighted by Crippen LogP contribution is 2.26. The van der Waals surface area contributed by atoms with E-state index in [0.717, 1.165) is 29.8 Å². The maximum Gasteiger partial charge on any atom is 0.256 e. The number of nitrogens with one attached hydrogen (secondary N) is 2. The average molecular weight is 395 g/mol. The van der Waals surface area contributed by atoms with Crippen molar-refractivity contribution >= 4 is 28.2 Å². The summed E-state index contributed by atoms with van der Waals surface area (Å²) in [6.45, 7) is 4.67. The summed E-state index contributed by atoms with van der Waals surface area (Å²) >= 11 is 1.35. The number of aryl methyl sites for hydroxylation is 2. The first kappa shape index (κ1) is 18.4. The van der Waals surface area contributed by atoms with Gasteiger partial charge in [0.25, 0.3) is 11.8 Å². The number of hydrogen-bond donors (Lipinski definition) is 2. The van der Waals surface area contributed by atoms with Crippen LogP contribution in [0.5, 0.6) is 0 Å². The number of anilines is 1. The number of hydrogen-bond acceptors (Lipinski definition) is 4. The van der Waals surface area contributed by atoms with Gasteiger partial charge in [0.1, 0.15) is 5.00 Å². The molecule has 0 spiro atoms. The number of nitrogens with zero attached hydrogens (tertiary/aromatic N) is 2. The second-order valence-corrected chi connectivity index (χ2v) is 8.06. The molecule has 0 saturated heterocycles. The SMILES string of the molecule is Cc1cc(C)n(Cc2ccc(C(=O)Nc3sccc3C(=O)NC3CC3)cc2)n1. The van der Waals surface area contributed by atoms with Crippen LogP contribution in [0.15, 0.2) is 41.8 Å². The number of amides is 2. The lowest BCUT2D eigenvalue weighted by atomic mass is 10.1. The first-order chi connectivity index (χ1) is 13.5. The molecule has 1 aliphatic rings. The van der Waals surface area contributed by atoms with Crippen LogP contribution in [-0.2, 0) is 6.54 Å². The summed E-state index contributed by atoms with van der Waals surface area (Å²) < 4.78 is 1.95. The van der Waals surface area contributed by atoms with Gasteiger partial charge in [-0.05, 0) is 61.9 Å². The number of carbonyl (C=O) groups is 2. The zero-order valence-electron chi connectivity index (χ0n) is 15.9. The van der Waals surface area contributed by atoms with Crippen LogP contribution in [-0.4, -0.2) is 27.6 Å². The van der Waals surface area contributed by atoms with E-state index in [2.05, 4.69) is 15.7 Å². The van der Waals surface area contributed by atoms with E-state index in [1.54, 1.807) is 18.2 Å². The summed E-state index contributed by atoms with van der Waals surface area (Å²) in [7, 11) is 0. The monoisotopic (exact) mass is 394 g/mol. The third-order valence-electron chi connectivity index (χ3n) is 4.70. The zero-order valence-corrected chi connectivity index (χ0v) is 16.7. The molecule has 6 nitrogen and oxygen atoms in total. The van der Waals surface area contributed by atoms with Crippen LogP contribution in [0, 0.1) is 13.8 Å². The highest BCUT2D eigenvalue weighted by atomic mass is 32.1. The van der Waals surface area contributed by atoms with Crippen molar-refractivity contribution in [1.29, 1.82) is 0 Å². The van der Waals surface area contributed by atoms with E-state index in [-0.39, 0.29) is 17.9 Å². The van der Waals surface area contributed by atoms with Gasteiger partial charge in [0.15, 0.2) is 0 Å². The van der Waals surface area contributed by atoms with Gasteiger partial charge in [-0.1, -0.05) is 12.1 Å². The fourth-order valence-electron chi connectivity index (χ4n) is 3.02. The Morgan fingerprint density at radius 2 is 1.89 bits per heavy atom. The molecule has 1 fully saturated rings.